The van der Waals surface area contributed by atoms with E-state index in [0.29, 0.717) is 0 Å². The Bertz CT molecular complexity index is 526. The van der Waals surface area contributed by atoms with Crippen molar-refractivity contribution in [1.82, 2.24) is 0 Å². The fourth-order valence-electron chi connectivity index (χ4n) is 1.45. The molecule has 0 fully saturated rings. The lowest BCUT2D eigenvalue weighted by Gasteiger charge is -2.05. The molecule has 0 amide bonds. The monoisotopic (exact) mass is 284 g/mol. The second-order valence-electron chi connectivity index (χ2n) is 7.09. The molecule has 1 aromatic rings. The van der Waals surface area contributed by atoms with Gasteiger partial charge in [0, 0.05) is 11.1 Å². The SMILES string of the molecule is Cc1cc(C#C[Si](C)(C)C)cc(C#C[Si](C)(C)C)c1. The molecule has 0 radical (unpaired) electrons. The number of hydrogen-bond donors (Lipinski definition) is 0. The molecule has 1 rings (SSSR count). The highest BCUT2D eigenvalue weighted by atomic mass is 28.3. The standard InChI is InChI=1S/C17H24Si2/c1-15-12-16(8-10-18(2,3)4)14-17(13-15)9-11-19(5,6)7/h12-14H,1-7H3. The number of aryl methyl sites for hydroxylation is 1. The van der Waals surface area contributed by atoms with Gasteiger partial charge in [-0.05, 0) is 30.7 Å². The van der Waals surface area contributed by atoms with Crippen molar-refractivity contribution < 1.29 is 0 Å². The van der Waals surface area contributed by atoms with Crippen LogP contribution in [0.3, 0.4) is 0 Å². The molecule has 100 valence electrons. The molecule has 1 aromatic carbocycles. The van der Waals surface area contributed by atoms with Gasteiger partial charge in [0.15, 0.2) is 0 Å². The average molecular weight is 285 g/mol. The molecule has 0 N–H and O–H groups in total. The highest BCUT2D eigenvalue weighted by Crippen LogP contribution is 2.09. The van der Waals surface area contributed by atoms with Crippen LogP contribution in [0.15, 0.2) is 18.2 Å². The van der Waals surface area contributed by atoms with Crippen molar-refractivity contribution >= 4 is 16.1 Å². The van der Waals surface area contributed by atoms with Gasteiger partial charge in [0.25, 0.3) is 0 Å². The third-order valence-electron chi connectivity index (χ3n) is 2.24. The Morgan fingerprint density at radius 2 is 1.05 bits per heavy atom. The number of rotatable bonds is 0. The van der Waals surface area contributed by atoms with Crippen LogP contribution in [-0.4, -0.2) is 16.1 Å². The fraction of sp³-hybridized carbons (Fsp3) is 0.412. The van der Waals surface area contributed by atoms with Crippen LogP contribution in [0.4, 0.5) is 0 Å². The van der Waals surface area contributed by atoms with Crippen LogP contribution in [0.1, 0.15) is 16.7 Å². The van der Waals surface area contributed by atoms with E-state index in [0.717, 1.165) is 11.1 Å². The second kappa shape index (κ2) is 5.82. The van der Waals surface area contributed by atoms with E-state index in [1.807, 2.05) is 0 Å². The van der Waals surface area contributed by atoms with Crippen LogP contribution >= 0.6 is 0 Å². The van der Waals surface area contributed by atoms with E-state index >= 15 is 0 Å². The molecule has 0 aliphatic carbocycles. The van der Waals surface area contributed by atoms with Crippen LogP contribution in [-0.2, 0) is 0 Å². The minimum Gasteiger partial charge on any atom is -0.127 e. The first-order valence-corrected chi connectivity index (χ1v) is 13.7. The quantitative estimate of drug-likeness (QED) is 0.487. The summed E-state index contributed by atoms with van der Waals surface area (Å²) in [6, 6.07) is 6.41. The molecule has 0 bridgehead atoms. The molecule has 0 aliphatic rings. The van der Waals surface area contributed by atoms with E-state index < -0.39 is 16.1 Å². The maximum atomic E-state index is 3.41. The zero-order chi connectivity index (χ0) is 14.7. The van der Waals surface area contributed by atoms with Gasteiger partial charge in [-0.15, -0.1) is 11.1 Å². The minimum atomic E-state index is -1.31. The lowest BCUT2D eigenvalue weighted by Crippen LogP contribution is -2.16. The zero-order valence-electron chi connectivity index (χ0n) is 13.2. The maximum absolute atomic E-state index is 3.41. The molecule has 0 unspecified atom stereocenters. The van der Waals surface area contributed by atoms with Crippen LogP contribution in [0.25, 0.3) is 0 Å². The first-order valence-electron chi connectivity index (χ1n) is 6.73. The van der Waals surface area contributed by atoms with Gasteiger partial charge in [-0.25, -0.2) is 0 Å². The van der Waals surface area contributed by atoms with Crippen LogP contribution in [0.2, 0.25) is 39.3 Å². The summed E-state index contributed by atoms with van der Waals surface area (Å²) >= 11 is 0. The van der Waals surface area contributed by atoms with E-state index in [1.54, 1.807) is 0 Å². The van der Waals surface area contributed by atoms with Crippen molar-refractivity contribution in [2.75, 3.05) is 0 Å². The van der Waals surface area contributed by atoms with Gasteiger partial charge in [0.1, 0.15) is 16.1 Å². The first kappa shape index (κ1) is 15.8. The maximum Gasteiger partial charge on any atom is 0.129 e. The number of hydrogen-bond acceptors (Lipinski definition) is 0. The van der Waals surface area contributed by atoms with E-state index in [-0.39, 0.29) is 0 Å². The Hall–Kier alpha value is -1.23. The van der Waals surface area contributed by atoms with Crippen LogP contribution in [0, 0.1) is 29.9 Å². The number of benzene rings is 1. The molecule has 0 atom stereocenters. The molecule has 0 heterocycles. The van der Waals surface area contributed by atoms with Crippen molar-refractivity contribution in [3.63, 3.8) is 0 Å². The Morgan fingerprint density at radius 3 is 1.37 bits per heavy atom. The normalized spacial score (nSPS) is 11.1. The van der Waals surface area contributed by atoms with Gasteiger partial charge in [-0.1, -0.05) is 51.1 Å². The molecular formula is C17H24Si2. The van der Waals surface area contributed by atoms with Gasteiger partial charge < -0.3 is 0 Å². The zero-order valence-corrected chi connectivity index (χ0v) is 15.2. The van der Waals surface area contributed by atoms with Crippen molar-refractivity contribution in [2.45, 2.75) is 46.2 Å². The smallest absolute Gasteiger partial charge is 0.127 e. The summed E-state index contributed by atoms with van der Waals surface area (Å²) < 4.78 is 0. The molecule has 0 saturated heterocycles. The lowest BCUT2D eigenvalue weighted by atomic mass is 10.1. The first-order chi connectivity index (χ1) is 8.55. The summed E-state index contributed by atoms with van der Waals surface area (Å²) in [7, 11) is -2.63. The lowest BCUT2D eigenvalue weighted by molar-refractivity contribution is 1.44. The topological polar surface area (TPSA) is 0 Å². The summed E-state index contributed by atoms with van der Waals surface area (Å²) in [4.78, 5) is 0. The Balaban J connectivity index is 3.13. The Kier molecular flexibility index (Phi) is 4.85. The summed E-state index contributed by atoms with van der Waals surface area (Å²) in [6.07, 6.45) is 0. The van der Waals surface area contributed by atoms with Gasteiger partial charge in [-0.2, -0.15) is 0 Å². The largest absolute Gasteiger partial charge is 0.129 e. The van der Waals surface area contributed by atoms with Crippen molar-refractivity contribution in [3.05, 3.63) is 34.9 Å². The predicted molar refractivity (Wildman–Crippen MR) is 91.6 cm³/mol. The van der Waals surface area contributed by atoms with Gasteiger partial charge in [0.2, 0.25) is 0 Å². The van der Waals surface area contributed by atoms with Crippen molar-refractivity contribution in [2.24, 2.45) is 0 Å². The summed E-state index contributed by atoms with van der Waals surface area (Å²) in [5.41, 5.74) is 10.3. The van der Waals surface area contributed by atoms with E-state index in [9.17, 15) is 0 Å². The van der Waals surface area contributed by atoms with E-state index in [2.05, 4.69) is 87.3 Å². The Morgan fingerprint density at radius 1 is 0.684 bits per heavy atom. The third kappa shape index (κ3) is 7.06. The molecule has 0 nitrogen and oxygen atoms in total. The van der Waals surface area contributed by atoms with Crippen LogP contribution in [0.5, 0.6) is 0 Å². The fourth-order valence-corrected chi connectivity index (χ4v) is 2.49. The average Bonchev–Trinajstić information content (AvgIpc) is 2.21. The molecule has 2 heteroatoms. The molecule has 0 spiro atoms. The van der Waals surface area contributed by atoms with Gasteiger partial charge >= 0.3 is 0 Å². The highest BCUT2D eigenvalue weighted by molar-refractivity contribution is 6.84. The highest BCUT2D eigenvalue weighted by Gasteiger charge is 2.08. The summed E-state index contributed by atoms with van der Waals surface area (Å²) in [6.45, 7) is 15.7. The molecular weight excluding hydrogens is 260 g/mol. The predicted octanol–water partition coefficient (Wildman–Crippen LogP) is 4.45. The van der Waals surface area contributed by atoms with Gasteiger partial charge in [0.05, 0.1) is 0 Å². The summed E-state index contributed by atoms with van der Waals surface area (Å²) in [5, 5.41) is 0. The Labute approximate surface area is 120 Å². The third-order valence-corrected chi connectivity index (χ3v) is 3.99. The van der Waals surface area contributed by atoms with Crippen LogP contribution < -0.4 is 0 Å². The van der Waals surface area contributed by atoms with Crippen molar-refractivity contribution in [1.29, 1.82) is 0 Å². The summed E-state index contributed by atoms with van der Waals surface area (Å²) in [5.74, 6) is 6.64. The molecule has 0 aliphatic heterocycles. The molecule has 0 aromatic heterocycles. The second-order valence-corrected chi connectivity index (χ2v) is 16.6. The minimum absolute atomic E-state index is 1.10. The van der Waals surface area contributed by atoms with E-state index in [4.69, 9.17) is 0 Å². The van der Waals surface area contributed by atoms with E-state index in [1.165, 1.54) is 5.56 Å². The van der Waals surface area contributed by atoms with Crippen molar-refractivity contribution in [3.8, 4) is 22.9 Å². The van der Waals surface area contributed by atoms with Gasteiger partial charge in [-0.3, -0.25) is 0 Å². The molecule has 19 heavy (non-hydrogen) atoms. The molecule has 0 saturated carbocycles.